The summed E-state index contributed by atoms with van der Waals surface area (Å²) in [5.74, 6) is -0.529. The number of hydrogen-bond acceptors (Lipinski definition) is 3. The highest BCUT2D eigenvalue weighted by molar-refractivity contribution is 7.92. The standard InChI is InChI=1S/C18H15FN2O3S/c1-12-16-3-2-10-20(16)17-9-4-13(19)11-18(17)21(12)25(23,24)15-7-5-14(22)6-8-15/h2-12,22H,1H3. The Balaban J connectivity index is 1.96. The second kappa shape index (κ2) is 5.35. The number of aromatic hydroxyl groups is 1. The number of sulfonamides is 1. The van der Waals surface area contributed by atoms with Gasteiger partial charge >= 0.3 is 0 Å². The van der Waals surface area contributed by atoms with Crippen molar-refractivity contribution in [3.05, 3.63) is 72.3 Å². The number of nitrogens with zero attached hydrogens (tertiary/aromatic N) is 2. The summed E-state index contributed by atoms with van der Waals surface area (Å²) in [7, 11) is -3.94. The molecule has 0 saturated heterocycles. The highest BCUT2D eigenvalue weighted by Gasteiger charge is 2.37. The van der Waals surface area contributed by atoms with E-state index in [1.54, 1.807) is 13.0 Å². The van der Waals surface area contributed by atoms with Gasteiger partial charge in [0.2, 0.25) is 0 Å². The van der Waals surface area contributed by atoms with Gasteiger partial charge < -0.3 is 9.67 Å². The normalized spacial score (nSPS) is 16.4. The molecule has 0 spiro atoms. The highest BCUT2D eigenvalue weighted by Crippen LogP contribution is 2.42. The van der Waals surface area contributed by atoms with Crippen LogP contribution in [0.5, 0.6) is 5.75 Å². The Labute approximate surface area is 144 Å². The average molecular weight is 358 g/mol. The zero-order chi connectivity index (χ0) is 17.8. The van der Waals surface area contributed by atoms with Crippen LogP contribution < -0.4 is 4.31 Å². The topological polar surface area (TPSA) is 62.5 Å². The van der Waals surface area contributed by atoms with E-state index in [4.69, 9.17) is 0 Å². The van der Waals surface area contributed by atoms with E-state index < -0.39 is 21.9 Å². The van der Waals surface area contributed by atoms with Gasteiger partial charge in [0.15, 0.2) is 0 Å². The Kier molecular flexibility index (Phi) is 3.36. The molecule has 128 valence electrons. The number of fused-ring (bicyclic) bond motifs is 3. The van der Waals surface area contributed by atoms with Crippen molar-refractivity contribution in [2.75, 3.05) is 4.31 Å². The number of halogens is 1. The van der Waals surface area contributed by atoms with Gasteiger partial charge in [-0.3, -0.25) is 4.31 Å². The van der Waals surface area contributed by atoms with Crippen LogP contribution in [-0.4, -0.2) is 18.1 Å². The molecule has 0 saturated carbocycles. The molecule has 1 aliphatic rings. The quantitative estimate of drug-likeness (QED) is 0.761. The maximum Gasteiger partial charge on any atom is 0.264 e. The minimum Gasteiger partial charge on any atom is -0.508 e. The van der Waals surface area contributed by atoms with E-state index in [1.807, 2.05) is 22.9 Å². The summed E-state index contributed by atoms with van der Waals surface area (Å²) in [5, 5.41) is 9.42. The monoisotopic (exact) mass is 358 g/mol. The van der Waals surface area contributed by atoms with Gasteiger partial charge in [0.1, 0.15) is 11.6 Å². The van der Waals surface area contributed by atoms with Gasteiger partial charge in [0.25, 0.3) is 10.0 Å². The van der Waals surface area contributed by atoms with Crippen molar-refractivity contribution >= 4 is 15.7 Å². The summed E-state index contributed by atoms with van der Waals surface area (Å²) in [5.41, 5.74) is 1.67. The lowest BCUT2D eigenvalue weighted by atomic mass is 10.1. The fourth-order valence-electron chi connectivity index (χ4n) is 3.23. The average Bonchev–Trinajstić information content (AvgIpc) is 3.05. The first-order chi connectivity index (χ1) is 11.9. The molecule has 3 aromatic rings. The van der Waals surface area contributed by atoms with Gasteiger partial charge in [-0.05, 0) is 55.5 Å². The van der Waals surface area contributed by atoms with Crippen LogP contribution in [0.1, 0.15) is 18.7 Å². The number of benzene rings is 2. The van der Waals surface area contributed by atoms with Crippen LogP contribution in [0.2, 0.25) is 0 Å². The van der Waals surface area contributed by atoms with Gasteiger partial charge in [0.05, 0.1) is 22.3 Å². The molecule has 0 fully saturated rings. The SMILES string of the molecule is CC1c2cccn2-c2ccc(F)cc2N1S(=O)(=O)c1ccc(O)cc1. The molecule has 0 radical (unpaired) electrons. The van der Waals surface area contributed by atoms with E-state index >= 15 is 0 Å². The van der Waals surface area contributed by atoms with Crippen LogP contribution in [0.25, 0.3) is 5.69 Å². The Morgan fingerprint density at radius 1 is 1.04 bits per heavy atom. The molecular weight excluding hydrogens is 343 g/mol. The molecule has 2 aromatic carbocycles. The minimum absolute atomic E-state index is 0.0223. The van der Waals surface area contributed by atoms with E-state index in [0.29, 0.717) is 5.69 Å². The van der Waals surface area contributed by atoms with Crippen LogP contribution >= 0.6 is 0 Å². The van der Waals surface area contributed by atoms with Crippen LogP contribution in [0, 0.1) is 5.82 Å². The lowest BCUT2D eigenvalue weighted by molar-refractivity contribution is 0.474. The van der Waals surface area contributed by atoms with E-state index in [-0.39, 0.29) is 16.3 Å². The Morgan fingerprint density at radius 3 is 2.48 bits per heavy atom. The van der Waals surface area contributed by atoms with Gasteiger partial charge in [-0.1, -0.05) is 0 Å². The van der Waals surface area contributed by atoms with E-state index in [2.05, 4.69) is 0 Å². The van der Waals surface area contributed by atoms with Crippen molar-refractivity contribution in [1.29, 1.82) is 0 Å². The zero-order valence-corrected chi connectivity index (χ0v) is 14.1. The number of phenols is 1. The summed E-state index contributed by atoms with van der Waals surface area (Å²) < 4.78 is 43.4. The summed E-state index contributed by atoms with van der Waals surface area (Å²) in [4.78, 5) is 0.0346. The molecule has 4 rings (SSSR count). The summed E-state index contributed by atoms with van der Waals surface area (Å²) in [6.45, 7) is 1.76. The van der Waals surface area contributed by atoms with Crippen molar-refractivity contribution in [2.24, 2.45) is 0 Å². The number of rotatable bonds is 2. The molecule has 1 aliphatic heterocycles. The predicted octanol–water partition coefficient (Wildman–Crippen LogP) is 3.59. The van der Waals surface area contributed by atoms with E-state index in [9.17, 15) is 17.9 Å². The molecule has 0 aliphatic carbocycles. The van der Waals surface area contributed by atoms with Crippen LogP contribution in [0.3, 0.4) is 0 Å². The first kappa shape index (κ1) is 15.7. The molecule has 0 bridgehead atoms. The summed E-state index contributed by atoms with van der Waals surface area (Å²) >= 11 is 0. The van der Waals surface area contributed by atoms with E-state index in [0.717, 1.165) is 5.69 Å². The number of aromatic nitrogens is 1. The highest BCUT2D eigenvalue weighted by atomic mass is 32.2. The second-order valence-corrected chi connectivity index (χ2v) is 7.72. The van der Waals surface area contributed by atoms with Crippen molar-refractivity contribution in [3.63, 3.8) is 0 Å². The molecule has 1 unspecified atom stereocenters. The van der Waals surface area contributed by atoms with Crippen molar-refractivity contribution < 1.29 is 17.9 Å². The molecule has 0 amide bonds. The number of phenolic OH excluding ortho intramolecular Hbond substituents is 1. The Morgan fingerprint density at radius 2 is 1.76 bits per heavy atom. The molecular formula is C18H15FN2O3S. The fourth-order valence-corrected chi connectivity index (χ4v) is 4.87. The summed E-state index contributed by atoms with van der Waals surface area (Å²) in [6, 6.07) is 12.6. The van der Waals surface area contributed by atoms with Crippen molar-refractivity contribution in [3.8, 4) is 11.4 Å². The minimum atomic E-state index is -3.94. The van der Waals surface area contributed by atoms with Gasteiger partial charge in [-0.2, -0.15) is 0 Å². The van der Waals surface area contributed by atoms with Crippen molar-refractivity contribution in [2.45, 2.75) is 17.9 Å². The smallest absolute Gasteiger partial charge is 0.264 e. The fraction of sp³-hybridized carbons (Fsp3) is 0.111. The van der Waals surface area contributed by atoms with Crippen molar-refractivity contribution in [1.82, 2.24) is 4.57 Å². The van der Waals surface area contributed by atoms with Gasteiger partial charge in [-0.15, -0.1) is 0 Å². The molecule has 1 aromatic heterocycles. The molecule has 1 N–H and O–H groups in total. The van der Waals surface area contributed by atoms with E-state index in [1.165, 1.54) is 40.7 Å². The second-order valence-electron chi connectivity index (χ2n) is 5.91. The number of hydrogen-bond donors (Lipinski definition) is 1. The number of anilines is 1. The summed E-state index contributed by atoms with van der Waals surface area (Å²) in [6.07, 6.45) is 1.83. The maximum absolute atomic E-state index is 13.9. The third-order valence-corrected chi connectivity index (χ3v) is 6.29. The largest absolute Gasteiger partial charge is 0.508 e. The molecule has 1 atom stereocenters. The van der Waals surface area contributed by atoms with Gasteiger partial charge in [0, 0.05) is 18.0 Å². The third-order valence-electron chi connectivity index (χ3n) is 4.39. The Bertz CT molecular complexity index is 1060. The molecule has 25 heavy (non-hydrogen) atoms. The van der Waals surface area contributed by atoms with Gasteiger partial charge in [-0.25, -0.2) is 12.8 Å². The van der Waals surface area contributed by atoms with Crippen LogP contribution in [0.15, 0.2) is 65.7 Å². The van der Waals surface area contributed by atoms with Crippen LogP contribution in [0.4, 0.5) is 10.1 Å². The third kappa shape index (κ3) is 2.31. The lowest BCUT2D eigenvalue weighted by Gasteiger charge is -2.37. The zero-order valence-electron chi connectivity index (χ0n) is 13.3. The molecule has 5 nitrogen and oxygen atoms in total. The van der Waals surface area contributed by atoms with Crippen LogP contribution in [-0.2, 0) is 10.0 Å². The maximum atomic E-state index is 13.9. The Hall–Kier alpha value is -2.80. The first-order valence-corrected chi connectivity index (χ1v) is 9.14. The lowest BCUT2D eigenvalue weighted by Crippen LogP contribution is -2.38. The molecule has 2 heterocycles. The molecule has 7 heteroatoms. The predicted molar refractivity (Wildman–Crippen MR) is 91.9 cm³/mol. The first-order valence-electron chi connectivity index (χ1n) is 7.70.